The second-order valence-corrected chi connectivity index (χ2v) is 8.90. The van der Waals surface area contributed by atoms with Crippen LogP contribution < -0.4 is 16.4 Å². The quantitative estimate of drug-likeness (QED) is 0.241. The zero-order chi connectivity index (χ0) is 22.5. The van der Waals surface area contributed by atoms with Gasteiger partial charge in [0.25, 0.3) is 0 Å². The highest BCUT2D eigenvalue weighted by molar-refractivity contribution is 5.79. The van der Waals surface area contributed by atoms with E-state index in [-0.39, 0.29) is 11.8 Å². The third-order valence-corrected chi connectivity index (χ3v) is 6.99. The summed E-state index contributed by atoms with van der Waals surface area (Å²) >= 11 is 0. The molecule has 2 saturated heterocycles. The Morgan fingerprint density at radius 2 is 1.77 bits per heavy atom. The molecule has 2 aliphatic heterocycles. The van der Waals surface area contributed by atoms with Crippen molar-refractivity contribution in [1.29, 1.82) is 0 Å². The van der Waals surface area contributed by atoms with Crippen molar-refractivity contribution in [3.8, 4) is 0 Å². The van der Waals surface area contributed by atoms with Crippen LogP contribution in [0.5, 0.6) is 0 Å². The molecule has 4 N–H and O–H groups in total. The standard InChI is InChI=1S/C23H46N6O2/c1-4-19(5-2)21(29-14-16-31-17-15-29)18-27-23(25-3)26-10-6-7-11-28-12-8-20(9-13-28)22(24)30/h19-21H,4-18H2,1-3H3,(H2,24,30)(H2,25,26,27). The molecule has 0 spiro atoms. The number of unbranched alkanes of at least 4 members (excludes halogenated alkanes) is 1. The van der Waals surface area contributed by atoms with Crippen molar-refractivity contribution in [3.63, 3.8) is 0 Å². The number of nitrogens with one attached hydrogen (secondary N) is 2. The number of carbonyl (C=O) groups excluding carboxylic acids is 1. The van der Waals surface area contributed by atoms with Crippen LogP contribution in [0.4, 0.5) is 0 Å². The molecule has 1 unspecified atom stereocenters. The number of nitrogens with zero attached hydrogens (tertiary/aromatic N) is 3. The topological polar surface area (TPSA) is 95.2 Å². The fraction of sp³-hybridized carbons (Fsp3) is 0.913. The molecule has 2 rings (SSSR count). The van der Waals surface area contributed by atoms with Crippen LogP contribution in [0.2, 0.25) is 0 Å². The Balaban J connectivity index is 1.66. The van der Waals surface area contributed by atoms with Crippen LogP contribution >= 0.6 is 0 Å². The van der Waals surface area contributed by atoms with Gasteiger partial charge in [-0.05, 0) is 51.2 Å². The van der Waals surface area contributed by atoms with E-state index in [2.05, 4.69) is 39.3 Å². The highest BCUT2D eigenvalue weighted by atomic mass is 16.5. The van der Waals surface area contributed by atoms with Crippen LogP contribution in [-0.2, 0) is 9.53 Å². The Bertz CT molecular complexity index is 526. The molecule has 2 heterocycles. The van der Waals surface area contributed by atoms with E-state index in [0.29, 0.717) is 12.0 Å². The maximum absolute atomic E-state index is 11.3. The minimum atomic E-state index is -0.136. The summed E-state index contributed by atoms with van der Waals surface area (Å²) in [6, 6.07) is 0.515. The lowest BCUT2D eigenvalue weighted by Gasteiger charge is -2.39. The van der Waals surface area contributed by atoms with E-state index in [1.54, 1.807) is 0 Å². The van der Waals surface area contributed by atoms with E-state index in [0.717, 1.165) is 90.7 Å². The van der Waals surface area contributed by atoms with Gasteiger partial charge in [-0.1, -0.05) is 26.7 Å². The SMILES string of the molecule is CCC(CC)C(CNC(=NC)NCCCCN1CCC(C(N)=O)CC1)N1CCOCC1. The number of morpholine rings is 1. The summed E-state index contributed by atoms with van der Waals surface area (Å²) in [6.07, 6.45) is 6.47. The van der Waals surface area contributed by atoms with Crippen molar-refractivity contribution in [1.82, 2.24) is 20.4 Å². The molecule has 8 heteroatoms. The van der Waals surface area contributed by atoms with Gasteiger partial charge in [0.05, 0.1) is 13.2 Å². The maximum Gasteiger partial charge on any atom is 0.220 e. The molecular formula is C23H46N6O2. The number of likely N-dealkylation sites (tertiary alicyclic amines) is 1. The molecule has 0 aromatic heterocycles. The van der Waals surface area contributed by atoms with Gasteiger partial charge in [-0.3, -0.25) is 14.7 Å². The molecule has 2 fully saturated rings. The summed E-state index contributed by atoms with van der Waals surface area (Å²) in [4.78, 5) is 20.7. The smallest absolute Gasteiger partial charge is 0.220 e. The molecule has 31 heavy (non-hydrogen) atoms. The van der Waals surface area contributed by atoms with Gasteiger partial charge in [0.2, 0.25) is 5.91 Å². The number of nitrogens with two attached hydrogens (primary N) is 1. The summed E-state index contributed by atoms with van der Waals surface area (Å²) in [5.41, 5.74) is 5.42. The van der Waals surface area contributed by atoms with Gasteiger partial charge < -0.3 is 26.0 Å². The van der Waals surface area contributed by atoms with Crippen molar-refractivity contribution in [3.05, 3.63) is 0 Å². The van der Waals surface area contributed by atoms with Crippen LogP contribution in [0, 0.1) is 11.8 Å². The van der Waals surface area contributed by atoms with Crippen molar-refractivity contribution in [2.45, 2.75) is 58.4 Å². The number of ether oxygens (including phenoxy) is 1. The lowest BCUT2D eigenvalue weighted by Crippen LogP contribution is -2.53. The Morgan fingerprint density at radius 1 is 1.10 bits per heavy atom. The Labute approximate surface area is 189 Å². The normalized spacial score (nSPS) is 20.7. The van der Waals surface area contributed by atoms with E-state index in [1.807, 2.05) is 7.05 Å². The molecule has 0 radical (unpaired) electrons. The van der Waals surface area contributed by atoms with Crippen LogP contribution in [0.25, 0.3) is 0 Å². The first kappa shape index (κ1) is 25.9. The Kier molecular flexibility index (Phi) is 12.2. The predicted octanol–water partition coefficient (Wildman–Crippen LogP) is 1.27. The zero-order valence-corrected chi connectivity index (χ0v) is 20.1. The minimum Gasteiger partial charge on any atom is -0.379 e. The molecule has 1 amide bonds. The second kappa shape index (κ2) is 14.6. The molecule has 0 aliphatic carbocycles. The van der Waals surface area contributed by atoms with Crippen molar-refractivity contribution in [2.24, 2.45) is 22.6 Å². The van der Waals surface area contributed by atoms with E-state index in [1.165, 1.54) is 12.8 Å². The van der Waals surface area contributed by atoms with E-state index >= 15 is 0 Å². The molecule has 0 aromatic carbocycles. The first-order chi connectivity index (χ1) is 15.1. The first-order valence-electron chi connectivity index (χ1n) is 12.4. The fourth-order valence-electron chi connectivity index (χ4n) is 4.87. The number of hydrogen-bond acceptors (Lipinski definition) is 5. The number of carbonyl (C=O) groups is 1. The molecule has 1 atom stereocenters. The van der Waals surface area contributed by atoms with Gasteiger partial charge in [0, 0.05) is 45.2 Å². The Morgan fingerprint density at radius 3 is 2.35 bits per heavy atom. The molecule has 0 bridgehead atoms. The van der Waals surface area contributed by atoms with Gasteiger partial charge in [-0.2, -0.15) is 0 Å². The van der Waals surface area contributed by atoms with Gasteiger partial charge >= 0.3 is 0 Å². The number of aliphatic imine (C=N–C) groups is 1. The summed E-state index contributed by atoms with van der Waals surface area (Å²) in [5.74, 6) is 1.52. The maximum atomic E-state index is 11.3. The highest BCUT2D eigenvalue weighted by Crippen LogP contribution is 2.19. The van der Waals surface area contributed by atoms with E-state index in [4.69, 9.17) is 10.5 Å². The number of primary amides is 1. The average Bonchev–Trinajstić information content (AvgIpc) is 2.81. The summed E-state index contributed by atoms with van der Waals surface area (Å²) < 4.78 is 5.56. The Hall–Kier alpha value is -1.38. The third-order valence-electron chi connectivity index (χ3n) is 6.99. The minimum absolute atomic E-state index is 0.0774. The van der Waals surface area contributed by atoms with Gasteiger partial charge in [0.1, 0.15) is 0 Å². The van der Waals surface area contributed by atoms with Crippen molar-refractivity contribution in [2.75, 3.05) is 66.1 Å². The number of guanidine groups is 1. The molecule has 0 saturated carbocycles. The van der Waals surface area contributed by atoms with Gasteiger partial charge in [-0.25, -0.2) is 0 Å². The second-order valence-electron chi connectivity index (χ2n) is 8.90. The van der Waals surface area contributed by atoms with Crippen LogP contribution in [0.15, 0.2) is 4.99 Å². The van der Waals surface area contributed by atoms with Crippen molar-refractivity contribution < 1.29 is 9.53 Å². The number of amides is 1. The lowest BCUT2D eigenvalue weighted by molar-refractivity contribution is -0.123. The number of piperidine rings is 1. The van der Waals surface area contributed by atoms with Crippen LogP contribution in [-0.4, -0.2) is 93.8 Å². The van der Waals surface area contributed by atoms with Gasteiger partial charge in [-0.15, -0.1) is 0 Å². The zero-order valence-electron chi connectivity index (χ0n) is 20.1. The highest BCUT2D eigenvalue weighted by Gasteiger charge is 2.27. The molecule has 8 nitrogen and oxygen atoms in total. The summed E-state index contributed by atoms with van der Waals surface area (Å²) in [6.45, 7) is 13.2. The van der Waals surface area contributed by atoms with E-state index in [9.17, 15) is 4.79 Å². The molecule has 180 valence electrons. The summed E-state index contributed by atoms with van der Waals surface area (Å²) in [7, 11) is 1.85. The number of rotatable bonds is 12. The number of hydrogen-bond donors (Lipinski definition) is 3. The largest absolute Gasteiger partial charge is 0.379 e. The average molecular weight is 439 g/mol. The van der Waals surface area contributed by atoms with Crippen molar-refractivity contribution >= 4 is 11.9 Å². The van der Waals surface area contributed by atoms with Crippen LogP contribution in [0.3, 0.4) is 0 Å². The van der Waals surface area contributed by atoms with E-state index < -0.39 is 0 Å². The first-order valence-corrected chi connectivity index (χ1v) is 12.4. The van der Waals surface area contributed by atoms with Crippen LogP contribution in [0.1, 0.15) is 52.4 Å². The lowest BCUT2D eigenvalue weighted by atomic mass is 9.92. The molecular weight excluding hydrogens is 392 g/mol. The summed E-state index contributed by atoms with van der Waals surface area (Å²) in [5, 5.41) is 7.05. The monoisotopic (exact) mass is 438 g/mol. The fourth-order valence-corrected chi connectivity index (χ4v) is 4.87. The molecule has 0 aromatic rings. The molecule has 2 aliphatic rings. The van der Waals surface area contributed by atoms with Gasteiger partial charge in [0.15, 0.2) is 5.96 Å². The third kappa shape index (κ3) is 8.94. The predicted molar refractivity (Wildman–Crippen MR) is 127 cm³/mol.